The van der Waals surface area contributed by atoms with Gasteiger partial charge in [0.1, 0.15) is 17.3 Å². The highest BCUT2D eigenvalue weighted by Gasteiger charge is 2.22. The van der Waals surface area contributed by atoms with E-state index in [-0.39, 0.29) is 11.5 Å². The SMILES string of the molecule is O=Cc1cc(-c2ccccc2)ccc1O.Oc1ccc(-c2ccccc2)cc1-c1nc2c3cc(Br)ccc3c3ccc(Br)cc3c2n1-c1ccccc1.S=S=S=S=S=S=S=S=S=S=S=S=S=S.S=S=S=S=S=S=S=S=S=S=S=S=S=S=S. The Balaban J connectivity index is 0.000000204. The predicted molar refractivity (Wildman–Crippen MR) is 437 cm³/mol. The molecule has 0 unspecified atom stereocenters. The van der Waals surface area contributed by atoms with Crippen LogP contribution in [0.25, 0.3) is 71.9 Å². The summed E-state index contributed by atoms with van der Waals surface area (Å²) in [6.07, 6.45) is 0.655. The molecule has 9 rings (SSSR count). The van der Waals surface area contributed by atoms with Crippen molar-refractivity contribution in [1.29, 1.82) is 0 Å². The lowest BCUT2D eigenvalue weighted by molar-refractivity contribution is 0.112. The standard InChI is InChI=1S/C33H20Br2N2O.C13H10O2.S15.S14/c34-22-12-14-25-26-15-13-23(35)19-28(26)32-31(27(25)18-22)36-33(37(32)24-9-5-2-6-10-24)29-17-21(11-16-30(29)38)20-7-3-1-4-8-20;14-9-12-8-11(6-7-13(12)15)10-4-2-1-3-5-10;1-3-5-7-9-11-13-15-14-12-10-8-6-4-2;1-3-5-7-9-11-13-14-12-10-8-6-4-2/h1-19,38H;1-9,15H;;. The van der Waals surface area contributed by atoms with Gasteiger partial charge in [0, 0.05) is 292 Å². The van der Waals surface area contributed by atoms with E-state index >= 15 is 0 Å². The maximum Gasteiger partial charge on any atom is 0.153 e. The average Bonchev–Trinajstić information content (AvgIpc) is 3.66. The van der Waals surface area contributed by atoms with E-state index in [0.29, 0.717) is 23.2 Å². The topological polar surface area (TPSA) is 75.3 Å². The summed E-state index contributed by atoms with van der Waals surface area (Å²) in [5.41, 5.74) is 7.91. The average molecular weight is 1750 g/mol. The summed E-state index contributed by atoms with van der Waals surface area (Å²) in [5.74, 6) is 0.896. The van der Waals surface area contributed by atoms with Crippen LogP contribution in [0.5, 0.6) is 11.5 Å². The van der Waals surface area contributed by atoms with Gasteiger partial charge in [-0.1, -0.05) is 135 Å². The van der Waals surface area contributed by atoms with E-state index in [1.807, 2.05) is 78.9 Å². The number of benzene rings is 8. The number of carbonyl (C=O) groups is 1. The van der Waals surface area contributed by atoms with Crippen molar-refractivity contribution in [2.24, 2.45) is 0 Å². The molecule has 0 amide bonds. The monoisotopic (exact) mass is 1740 g/mol. The number of phenols is 2. The Morgan fingerprint density at radius 3 is 1.20 bits per heavy atom. The molecule has 1 heterocycles. The molecule has 0 saturated carbocycles. The lowest BCUT2D eigenvalue weighted by Gasteiger charge is -2.14. The number of carbonyl (C=O) groups excluding carboxylic acids is 1. The second kappa shape index (κ2) is 42.4. The quantitative estimate of drug-likeness (QED) is 0.130. The van der Waals surface area contributed by atoms with Crippen molar-refractivity contribution >= 4 is 337 Å². The van der Waals surface area contributed by atoms with Crippen molar-refractivity contribution in [1.82, 2.24) is 9.55 Å². The number of para-hydroxylation sites is 1. The highest BCUT2D eigenvalue weighted by atomic mass is 79.9. The van der Waals surface area contributed by atoms with E-state index in [9.17, 15) is 15.0 Å². The zero-order chi connectivity index (χ0) is 58.2. The van der Waals surface area contributed by atoms with Gasteiger partial charge in [-0.2, -0.15) is 0 Å². The van der Waals surface area contributed by atoms with Gasteiger partial charge in [0.2, 0.25) is 0 Å². The molecule has 8 aromatic carbocycles. The molecule has 9 aromatic rings. The molecule has 0 bridgehead atoms. The third kappa shape index (κ3) is 24.0. The molecule has 0 radical (unpaired) electrons. The summed E-state index contributed by atoms with van der Waals surface area (Å²) < 4.78 is 4.17. The summed E-state index contributed by atoms with van der Waals surface area (Å²) in [4.78, 5) is 15.9. The number of fused-ring (bicyclic) bond motifs is 6. The van der Waals surface area contributed by atoms with Gasteiger partial charge in [0.15, 0.2) is 6.29 Å². The fraction of sp³-hybridized carbons (Fsp3) is 0. The highest BCUT2D eigenvalue weighted by molar-refractivity contribution is 9.10. The Bertz CT molecular complexity index is 4940. The van der Waals surface area contributed by atoms with Crippen LogP contribution in [0.2, 0.25) is 0 Å². The van der Waals surface area contributed by atoms with Crippen molar-refractivity contribution in [3.8, 4) is 50.8 Å². The van der Waals surface area contributed by atoms with Gasteiger partial charge in [-0.15, -0.1) is 0 Å². The molecule has 430 valence electrons. The Kier molecular flexibility index (Phi) is 36.9. The minimum Gasteiger partial charge on any atom is -0.507 e. The molecule has 1 aromatic heterocycles. The number of hydrogen-bond acceptors (Lipinski definition) is 8. The molecule has 0 saturated heterocycles. The van der Waals surface area contributed by atoms with Gasteiger partial charge < -0.3 is 10.2 Å². The normalized spacial score (nSPS) is 9.68. The smallest absolute Gasteiger partial charge is 0.153 e. The van der Waals surface area contributed by atoms with E-state index < -0.39 is 0 Å². The molecular formula is C46H30Br2N2O3S29. The van der Waals surface area contributed by atoms with Gasteiger partial charge in [-0.3, -0.25) is 9.36 Å². The molecule has 0 atom stereocenters. The first-order valence-electron chi connectivity index (χ1n) is 21.4. The minimum atomic E-state index is 0.0182. The van der Waals surface area contributed by atoms with Crippen LogP contribution in [0.4, 0.5) is 0 Å². The Morgan fingerprint density at radius 2 is 0.768 bits per heavy atom. The first-order valence-corrected chi connectivity index (χ1v) is 59.0. The first-order chi connectivity index (χ1) is 40.2. The van der Waals surface area contributed by atoms with Crippen LogP contribution in [0, 0.1) is 0 Å². The largest absolute Gasteiger partial charge is 0.507 e. The van der Waals surface area contributed by atoms with Gasteiger partial charge >= 0.3 is 0 Å². The van der Waals surface area contributed by atoms with Gasteiger partial charge in [0.25, 0.3) is 0 Å². The maximum absolute atomic E-state index is 11.2. The number of aromatic nitrogens is 2. The van der Waals surface area contributed by atoms with E-state index in [1.165, 1.54) is 41.6 Å². The minimum absolute atomic E-state index is 0.0182. The molecule has 0 aliphatic carbocycles. The molecule has 0 spiro atoms. The van der Waals surface area contributed by atoms with Crippen LogP contribution in [0.1, 0.15) is 10.4 Å². The maximum atomic E-state index is 11.2. The molecule has 5 nitrogen and oxygen atoms in total. The van der Waals surface area contributed by atoms with Gasteiger partial charge in [0.05, 0.1) is 22.2 Å². The highest BCUT2D eigenvalue weighted by Crippen LogP contribution is 2.43. The lowest BCUT2D eigenvalue weighted by atomic mass is 10.00. The summed E-state index contributed by atoms with van der Waals surface area (Å²) in [5, 5.41) is 25.0. The second-order valence-electron chi connectivity index (χ2n) is 14.2. The van der Waals surface area contributed by atoms with Gasteiger partial charge in [-0.25, -0.2) is 4.98 Å². The van der Waals surface area contributed by atoms with Crippen LogP contribution in [-0.4, -0.2) is 26.1 Å². The number of imidazole rings is 1. The number of aromatic hydroxyl groups is 2. The number of halogens is 2. The Morgan fingerprint density at radius 1 is 0.390 bits per heavy atom. The molecule has 82 heavy (non-hydrogen) atoms. The second-order valence-corrected chi connectivity index (χ2v) is 60.3. The zero-order valence-electron chi connectivity index (χ0n) is 40.0. The van der Waals surface area contributed by atoms with E-state index in [2.05, 4.69) is 97.1 Å². The number of aldehydes is 1. The van der Waals surface area contributed by atoms with E-state index in [0.717, 1.165) is 69.5 Å². The summed E-state index contributed by atoms with van der Waals surface area (Å²) >= 11 is 26.2. The van der Waals surface area contributed by atoms with E-state index in [4.69, 9.17) is 49.7 Å². The van der Waals surface area contributed by atoms with E-state index in [1.54, 1.807) is 205 Å². The molecule has 36 heteroatoms. The molecular weight excluding hydrogens is 1720 g/mol. The first kappa shape index (κ1) is 71.4. The lowest BCUT2D eigenvalue weighted by Crippen LogP contribution is -1.98. The van der Waals surface area contributed by atoms with Crippen LogP contribution >= 0.6 is 31.9 Å². The number of hydrogen-bond donors (Lipinski definition) is 2. The Labute approximate surface area is 580 Å². The molecule has 0 aliphatic rings. The van der Waals surface area contributed by atoms with Crippen molar-refractivity contribution in [3.63, 3.8) is 0 Å². The summed E-state index contributed by atoms with van der Waals surface area (Å²) in [6.45, 7) is 0. The van der Waals surface area contributed by atoms with Crippen LogP contribution < -0.4 is 0 Å². The molecule has 2 N–H and O–H groups in total. The summed E-state index contributed by atoms with van der Waals surface area (Å²) in [7, 11) is 41.6. The van der Waals surface area contributed by atoms with Gasteiger partial charge in [-0.05, 0) is 93.7 Å². The van der Waals surface area contributed by atoms with Crippen molar-refractivity contribution in [2.75, 3.05) is 0 Å². The van der Waals surface area contributed by atoms with Crippen LogP contribution in [0.15, 0.2) is 173 Å². The zero-order valence-corrected chi connectivity index (χ0v) is 66.8. The van der Waals surface area contributed by atoms with Crippen LogP contribution in [-0.2, 0) is 267 Å². The molecule has 0 aliphatic heterocycles. The third-order valence-electron chi connectivity index (χ3n) is 9.90. The molecule has 0 fully saturated rings. The summed E-state index contributed by atoms with van der Waals surface area (Å²) in [6, 6.07) is 53.6. The number of nitrogens with zero attached hydrogens (tertiary/aromatic N) is 2. The number of rotatable bonds is 5. The Hall–Kier alpha value is 0.360. The van der Waals surface area contributed by atoms with Crippen LogP contribution in [0.3, 0.4) is 0 Å². The predicted octanol–water partition coefficient (Wildman–Crippen LogP) is 12.7. The fourth-order valence-electron chi connectivity index (χ4n) is 6.98. The third-order valence-corrected chi connectivity index (χ3v) is 62.0. The number of phenolic OH excluding ortho intramolecular Hbond substituents is 2. The van der Waals surface area contributed by atoms with Crippen molar-refractivity contribution in [2.45, 2.75) is 0 Å². The van der Waals surface area contributed by atoms with Crippen molar-refractivity contribution in [3.05, 3.63) is 178 Å². The van der Waals surface area contributed by atoms with Crippen molar-refractivity contribution < 1.29 is 15.0 Å². The fourth-order valence-corrected chi connectivity index (χ4v) is 65.3.